The third kappa shape index (κ3) is 4.00. The zero-order valence-corrected chi connectivity index (χ0v) is 16.7. The van der Waals surface area contributed by atoms with Crippen LogP contribution in [0.15, 0.2) is 18.6 Å². The molecule has 0 bridgehead atoms. The fourth-order valence-electron chi connectivity index (χ4n) is 3.93. The summed E-state index contributed by atoms with van der Waals surface area (Å²) in [5, 5.41) is 3.04. The fraction of sp³-hybridized carbons (Fsp3) is 0.667. The Bertz CT molecular complexity index is 802. The van der Waals surface area contributed by atoms with Crippen molar-refractivity contribution < 1.29 is 4.79 Å². The summed E-state index contributed by atoms with van der Waals surface area (Å²) in [5.74, 6) is 1.71. The largest absolute Gasteiger partial charge is 0.348 e. The Balaban J connectivity index is 1.50. The van der Waals surface area contributed by atoms with Gasteiger partial charge in [0, 0.05) is 30.4 Å². The maximum atomic E-state index is 12.6. The first-order valence-electron chi connectivity index (χ1n) is 10.4. The first-order chi connectivity index (χ1) is 13.0. The van der Waals surface area contributed by atoms with E-state index in [1.165, 1.54) is 38.2 Å². The van der Waals surface area contributed by atoms with Gasteiger partial charge in [0.2, 0.25) is 0 Å². The number of amides is 1. The standard InChI is InChI=1S/C21H31N5O/c1-14(2)15(3)24-21(27)19-20-22-9-6-18(26(20)13-23-19)17-7-10-25(11-8-17)12-16-4-5-16/h6,9,13-17H,4-5,7-8,10-12H2,1-3H3,(H,24,27)/t15-/m0/s1. The number of nitrogens with one attached hydrogen (secondary N) is 1. The Morgan fingerprint density at radius 2 is 1.93 bits per heavy atom. The van der Waals surface area contributed by atoms with Crippen molar-refractivity contribution >= 4 is 11.6 Å². The fourth-order valence-corrected chi connectivity index (χ4v) is 3.93. The summed E-state index contributed by atoms with van der Waals surface area (Å²) >= 11 is 0. The summed E-state index contributed by atoms with van der Waals surface area (Å²) in [6, 6.07) is 2.20. The maximum Gasteiger partial charge on any atom is 0.274 e. The second kappa shape index (κ2) is 7.58. The summed E-state index contributed by atoms with van der Waals surface area (Å²) in [4.78, 5) is 24.1. The number of carbonyl (C=O) groups is 1. The number of imidazole rings is 1. The van der Waals surface area contributed by atoms with Gasteiger partial charge in [0.25, 0.3) is 5.91 Å². The second-order valence-electron chi connectivity index (χ2n) is 8.68. The van der Waals surface area contributed by atoms with Gasteiger partial charge in [-0.2, -0.15) is 0 Å². The summed E-state index contributed by atoms with van der Waals surface area (Å²) in [7, 11) is 0. The van der Waals surface area contributed by atoms with Crippen LogP contribution in [0, 0.1) is 11.8 Å². The molecule has 1 aliphatic carbocycles. The van der Waals surface area contributed by atoms with Gasteiger partial charge in [0.05, 0.1) is 0 Å². The minimum absolute atomic E-state index is 0.105. The van der Waals surface area contributed by atoms with Crippen molar-refractivity contribution in [1.82, 2.24) is 24.6 Å². The van der Waals surface area contributed by atoms with E-state index in [4.69, 9.17) is 0 Å². The van der Waals surface area contributed by atoms with E-state index in [9.17, 15) is 4.79 Å². The molecule has 0 radical (unpaired) electrons. The minimum Gasteiger partial charge on any atom is -0.348 e. The Kier molecular flexibility index (Phi) is 5.17. The topological polar surface area (TPSA) is 62.5 Å². The van der Waals surface area contributed by atoms with Crippen molar-refractivity contribution in [2.24, 2.45) is 11.8 Å². The molecule has 2 aromatic heterocycles. The number of hydrogen-bond donors (Lipinski definition) is 1. The molecule has 4 rings (SSSR count). The van der Waals surface area contributed by atoms with Crippen LogP contribution >= 0.6 is 0 Å². The van der Waals surface area contributed by atoms with Crippen LogP contribution < -0.4 is 5.32 Å². The van der Waals surface area contributed by atoms with Crippen molar-refractivity contribution in [1.29, 1.82) is 0 Å². The SMILES string of the molecule is CC(C)[C@H](C)NC(=O)c1ncn2c(C3CCN(CC4CC4)CC3)ccnc12. The van der Waals surface area contributed by atoms with Gasteiger partial charge >= 0.3 is 0 Å². The minimum atomic E-state index is -0.136. The maximum absolute atomic E-state index is 12.6. The van der Waals surface area contributed by atoms with Gasteiger partial charge < -0.3 is 10.2 Å². The third-order valence-electron chi connectivity index (χ3n) is 6.26. The van der Waals surface area contributed by atoms with Crippen LogP contribution in [0.1, 0.15) is 68.6 Å². The summed E-state index contributed by atoms with van der Waals surface area (Å²) in [5.41, 5.74) is 2.33. The molecule has 2 aliphatic rings. The van der Waals surface area contributed by atoms with E-state index in [2.05, 4.69) is 40.1 Å². The first-order valence-corrected chi connectivity index (χ1v) is 10.4. The number of rotatable bonds is 6. The molecule has 1 N–H and O–H groups in total. The van der Waals surface area contributed by atoms with E-state index in [-0.39, 0.29) is 11.9 Å². The highest BCUT2D eigenvalue weighted by Crippen LogP contribution is 2.33. The third-order valence-corrected chi connectivity index (χ3v) is 6.26. The molecule has 27 heavy (non-hydrogen) atoms. The monoisotopic (exact) mass is 369 g/mol. The van der Waals surface area contributed by atoms with Gasteiger partial charge in [0.1, 0.15) is 6.33 Å². The number of nitrogens with zero attached hydrogens (tertiary/aromatic N) is 4. The highest BCUT2D eigenvalue weighted by molar-refractivity contribution is 5.98. The molecule has 0 aromatic carbocycles. The molecule has 1 atom stereocenters. The van der Waals surface area contributed by atoms with E-state index in [1.807, 2.05) is 17.5 Å². The predicted octanol–water partition coefficient (Wildman–Crippen LogP) is 3.09. The Morgan fingerprint density at radius 1 is 1.19 bits per heavy atom. The number of piperidine rings is 1. The van der Waals surface area contributed by atoms with E-state index in [0.717, 1.165) is 18.8 Å². The highest BCUT2D eigenvalue weighted by Gasteiger charge is 2.28. The van der Waals surface area contributed by atoms with Crippen molar-refractivity contribution in [3.05, 3.63) is 30.0 Å². The normalized spacial score (nSPS) is 20.3. The smallest absolute Gasteiger partial charge is 0.274 e. The molecular formula is C21H31N5O. The molecule has 1 amide bonds. The lowest BCUT2D eigenvalue weighted by atomic mass is 9.93. The van der Waals surface area contributed by atoms with Gasteiger partial charge in [-0.05, 0) is 63.6 Å². The highest BCUT2D eigenvalue weighted by atomic mass is 16.2. The zero-order chi connectivity index (χ0) is 19.0. The molecule has 1 aliphatic heterocycles. The Hall–Kier alpha value is -1.95. The molecule has 2 fully saturated rings. The number of aromatic nitrogens is 3. The molecule has 0 unspecified atom stereocenters. The first kappa shape index (κ1) is 18.4. The number of fused-ring (bicyclic) bond motifs is 1. The van der Waals surface area contributed by atoms with Crippen LogP contribution in [0.2, 0.25) is 0 Å². The molecule has 3 heterocycles. The van der Waals surface area contributed by atoms with Gasteiger partial charge in [-0.25, -0.2) is 9.97 Å². The molecule has 1 saturated heterocycles. The van der Waals surface area contributed by atoms with E-state index >= 15 is 0 Å². The van der Waals surface area contributed by atoms with E-state index < -0.39 is 0 Å². The predicted molar refractivity (Wildman–Crippen MR) is 106 cm³/mol. The lowest BCUT2D eigenvalue weighted by molar-refractivity contribution is 0.0927. The van der Waals surface area contributed by atoms with Crippen LogP contribution in [0.3, 0.4) is 0 Å². The molecular weight excluding hydrogens is 338 g/mol. The molecule has 146 valence electrons. The molecule has 6 nitrogen and oxygen atoms in total. The van der Waals surface area contributed by atoms with E-state index in [0.29, 0.717) is 23.2 Å². The van der Waals surface area contributed by atoms with Crippen LogP contribution in [0.25, 0.3) is 5.65 Å². The van der Waals surface area contributed by atoms with Crippen LogP contribution in [0.5, 0.6) is 0 Å². The van der Waals surface area contributed by atoms with Crippen LogP contribution in [-0.2, 0) is 0 Å². The van der Waals surface area contributed by atoms with Crippen LogP contribution in [0.4, 0.5) is 0 Å². The average molecular weight is 370 g/mol. The number of hydrogen-bond acceptors (Lipinski definition) is 4. The van der Waals surface area contributed by atoms with Crippen molar-refractivity contribution in [2.45, 2.75) is 58.4 Å². The van der Waals surface area contributed by atoms with Gasteiger partial charge in [-0.1, -0.05) is 13.8 Å². The quantitative estimate of drug-likeness (QED) is 0.850. The Morgan fingerprint density at radius 3 is 2.59 bits per heavy atom. The zero-order valence-electron chi connectivity index (χ0n) is 16.7. The van der Waals surface area contributed by atoms with Crippen LogP contribution in [-0.4, -0.2) is 50.9 Å². The van der Waals surface area contributed by atoms with Crippen molar-refractivity contribution in [3.8, 4) is 0 Å². The Labute approximate surface area is 161 Å². The molecule has 6 heteroatoms. The lowest BCUT2D eigenvalue weighted by Gasteiger charge is -2.32. The van der Waals surface area contributed by atoms with Gasteiger partial charge in [-0.3, -0.25) is 9.20 Å². The van der Waals surface area contributed by atoms with Gasteiger partial charge in [-0.15, -0.1) is 0 Å². The van der Waals surface area contributed by atoms with Crippen molar-refractivity contribution in [2.75, 3.05) is 19.6 Å². The lowest BCUT2D eigenvalue weighted by Crippen LogP contribution is -2.36. The summed E-state index contributed by atoms with van der Waals surface area (Å²) in [6.45, 7) is 9.83. The average Bonchev–Trinajstić information content (AvgIpc) is 3.36. The molecule has 0 spiro atoms. The summed E-state index contributed by atoms with van der Waals surface area (Å²) in [6.07, 6.45) is 8.75. The number of carbonyl (C=O) groups excluding carboxylic acids is 1. The second-order valence-corrected chi connectivity index (χ2v) is 8.68. The summed E-state index contributed by atoms with van der Waals surface area (Å²) < 4.78 is 2.02. The number of likely N-dealkylation sites (tertiary alicyclic amines) is 1. The molecule has 2 aromatic rings. The van der Waals surface area contributed by atoms with Gasteiger partial charge in [0.15, 0.2) is 11.3 Å². The van der Waals surface area contributed by atoms with Crippen molar-refractivity contribution in [3.63, 3.8) is 0 Å². The molecule has 1 saturated carbocycles. The van der Waals surface area contributed by atoms with E-state index in [1.54, 1.807) is 6.33 Å².